The van der Waals surface area contributed by atoms with E-state index in [-0.39, 0.29) is 0 Å². The molecule has 1 aliphatic carbocycles. The van der Waals surface area contributed by atoms with Crippen molar-refractivity contribution in [1.29, 1.82) is 0 Å². The zero-order chi connectivity index (χ0) is 13.4. The minimum absolute atomic E-state index is 0.454. The molecule has 0 aromatic carbocycles. The van der Waals surface area contributed by atoms with Gasteiger partial charge in [0.15, 0.2) is 0 Å². The first-order valence-corrected chi connectivity index (χ1v) is 8.02. The lowest BCUT2D eigenvalue weighted by Crippen LogP contribution is -2.45. The van der Waals surface area contributed by atoms with Crippen molar-refractivity contribution in [2.75, 3.05) is 13.2 Å². The Balaban J connectivity index is 2.31. The summed E-state index contributed by atoms with van der Waals surface area (Å²) in [5, 5.41) is 3.60. The largest absolute Gasteiger partial charge is 0.377 e. The molecule has 0 aromatic rings. The van der Waals surface area contributed by atoms with E-state index in [4.69, 9.17) is 4.74 Å². The maximum atomic E-state index is 6.17. The molecule has 0 heterocycles. The second-order valence-corrected chi connectivity index (χ2v) is 6.20. The van der Waals surface area contributed by atoms with Gasteiger partial charge in [0.25, 0.3) is 0 Å². The smallest absolute Gasteiger partial charge is 0.0730 e. The topological polar surface area (TPSA) is 21.3 Å². The van der Waals surface area contributed by atoms with Gasteiger partial charge < -0.3 is 10.1 Å². The van der Waals surface area contributed by atoms with Crippen molar-refractivity contribution in [1.82, 2.24) is 5.32 Å². The summed E-state index contributed by atoms with van der Waals surface area (Å²) in [5.41, 5.74) is 0. The predicted octanol–water partition coefficient (Wildman–Crippen LogP) is 4.00. The Morgan fingerprint density at radius 2 is 2.00 bits per heavy atom. The third kappa shape index (κ3) is 5.71. The molecule has 18 heavy (non-hydrogen) atoms. The van der Waals surface area contributed by atoms with Crippen molar-refractivity contribution in [3.63, 3.8) is 0 Å². The molecule has 0 spiro atoms. The van der Waals surface area contributed by atoms with Crippen LogP contribution in [0.4, 0.5) is 0 Å². The first-order chi connectivity index (χ1) is 8.67. The molecule has 108 valence electrons. The molecule has 1 aliphatic rings. The average Bonchev–Trinajstić information content (AvgIpc) is 2.36. The molecule has 0 radical (unpaired) electrons. The van der Waals surface area contributed by atoms with Crippen LogP contribution >= 0.6 is 0 Å². The molecule has 3 atom stereocenters. The van der Waals surface area contributed by atoms with Crippen molar-refractivity contribution in [2.24, 2.45) is 11.8 Å². The van der Waals surface area contributed by atoms with Gasteiger partial charge in [-0.2, -0.15) is 0 Å². The van der Waals surface area contributed by atoms with Crippen LogP contribution in [0, 0.1) is 11.8 Å². The summed E-state index contributed by atoms with van der Waals surface area (Å²) in [5.74, 6) is 1.68. The molecule has 3 unspecified atom stereocenters. The van der Waals surface area contributed by atoms with Crippen LogP contribution in [0.1, 0.15) is 66.2 Å². The highest BCUT2D eigenvalue weighted by Gasteiger charge is 2.29. The Morgan fingerprint density at radius 1 is 1.22 bits per heavy atom. The van der Waals surface area contributed by atoms with Crippen LogP contribution in [0.5, 0.6) is 0 Å². The van der Waals surface area contributed by atoms with Crippen molar-refractivity contribution in [3.8, 4) is 0 Å². The Morgan fingerprint density at radius 3 is 2.61 bits per heavy atom. The van der Waals surface area contributed by atoms with E-state index in [1.165, 1.54) is 38.5 Å². The standard InChI is InChI=1S/C16H33NO/c1-5-14-9-10-15(17-6-2)16(12-14)18-11-7-8-13(3)4/h13-17H,5-12H2,1-4H3. The monoisotopic (exact) mass is 255 g/mol. The number of rotatable bonds is 8. The average molecular weight is 255 g/mol. The van der Waals surface area contributed by atoms with Crippen molar-refractivity contribution < 1.29 is 4.74 Å². The maximum Gasteiger partial charge on any atom is 0.0730 e. The summed E-state index contributed by atoms with van der Waals surface area (Å²) in [6, 6.07) is 0.594. The minimum Gasteiger partial charge on any atom is -0.377 e. The van der Waals surface area contributed by atoms with Gasteiger partial charge in [0.1, 0.15) is 0 Å². The Hall–Kier alpha value is -0.0800. The maximum absolute atomic E-state index is 6.17. The molecular weight excluding hydrogens is 222 g/mol. The molecule has 0 amide bonds. The van der Waals surface area contributed by atoms with E-state index < -0.39 is 0 Å². The van der Waals surface area contributed by atoms with Crippen LogP contribution in [-0.2, 0) is 4.74 Å². The summed E-state index contributed by atoms with van der Waals surface area (Å²) in [6.45, 7) is 11.1. The fourth-order valence-corrected chi connectivity index (χ4v) is 2.99. The van der Waals surface area contributed by atoms with E-state index in [9.17, 15) is 0 Å². The van der Waals surface area contributed by atoms with Crippen LogP contribution in [0.3, 0.4) is 0 Å². The fraction of sp³-hybridized carbons (Fsp3) is 1.00. The van der Waals surface area contributed by atoms with E-state index in [2.05, 4.69) is 33.0 Å². The molecule has 1 fully saturated rings. The normalized spacial score (nSPS) is 28.8. The molecular formula is C16H33NO. The predicted molar refractivity (Wildman–Crippen MR) is 78.9 cm³/mol. The van der Waals surface area contributed by atoms with Crippen LogP contribution < -0.4 is 5.32 Å². The van der Waals surface area contributed by atoms with Crippen molar-refractivity contribution >= 4 is 0 Å². The van der Waals surface area contributed by atoms with Crippen molar-refractivity contribution in [2.45, 2.75) is 78.4 Å². The number of hydrogen-bond acceptors (Lipinski definition) is 2. The molecule has 1 saturated carbocycles. The second-order valence-electron chi connectivity index (χ2n) is 6.20. The quantitative estimate of drug-likeness (QED) is 0.662. The van der Waals surface area contributed by atoms with Gasteiger partial charge >= 0.3 is 0 Å². The second kappa shape index (κ2) is 8.92. The highest BCUT2D eigenvalue weighted by Crippen LogP contribution is 2.29. The fourth-order valence-electron chi connectivity index (χ4n) is 2.99. The Kier molecular flexibility index (Phi) is 7.92. The number of nitrogens with one attached hydrogen (secondary N) is 1. The van der Waals surface area contributed by atoms with E-state index in [0.717, 1.165) is 25.0 Å². The zero-order valence-corrected chi connectivity index (χ0v) is 12.9. The molecule has 0 aromatic heterocycles. The van der Waals surface area contributed by atoms with E-state index >= 15 is 0 Å². The summed E-state index contributed by atoms with van der Waals surface area (Å²) < 4.78 is 6.17. The third-order valence-electron chi connectivity index (χ3n) is 4.20. The van der Waals surface area contributed by atoms with Crippen LogP contribution in [-0.4, -0.2) is 25.3 Å². The molecule has 0 aliphatic heterocycles. The number of likely N-dealkylation sites (N-methyl/N-ethyl adjacent to an activating group) is 1. The number of hydrogen-bond donors (Lipinski definition) is 1. The lowest BCUT2D eigenvalue weighted by Gasteiger charge is -2.36. The van der Waals surface area contributed by atoms with Gasteiger partial charge in [-0.25, -0.2) is 0 Å². The summed E-state index contributed by atoms with van der Waals surface area (Å²) in [7, 11) is 0. The van der Waals surface area contributed by atoms with Gasteiger partial charge in [0.2, 0.25) is 0 Å². The summed E-state index contributed by atoms with van der Waals surface area (Å²) >= 11 is 0. The lowest BCUT2D eigenvalue weighted by molar-refractivity contribution is -0.0122. The SMILES string of the molecule is CCNC1CCC(CC)CC1OCCCC(C)C. The van der Waals surface area contributed by atoms with Crippen LogP contribution in [0.15, 0.2) is 0 Å². The first-order valence-electron chi connectivity index (χ1n) is 8.02. The van der Waals surface area contributed by atoms with E-state index in [1.54, 1.807) is 0 Å². The Labute approximate surface area is 114 Å². The van der Waals surface area contributed by atoms with E-state index in [0.29, 0.717) is 12.1 Å². The van der Waals surface area contributed by atoms with Gasteiger partial charge in [-0.05, 0) is 50.5 Å². The molecule has 2 heteroatoms. The minimum atomic E-state index is 0.454. The summed E-state index contributed by atoms with van der Waals surface area (Å²) in [6.07, 6.45) is 8.19. The first kappa shape index (κ1) is 16.0. The van der Waals surface area contributed by atoms with Crippen LogP contribution in [0.2, 0.25) is 0 Å². The van der Waals surface area contributed by atoms with Crippen LogP contribution in [0.25, 0.3) is 0 Å². The summed E-state index contributed by atoms with van der Waals surface area (Å²) in [4.78, 5) is 0. The van der Waals surface area contributed by atoms with Crippen molar-refractivity contribution in [3.05, 3.63) is 0 Å². The van der Waals surface area contributed by atoms with Gasteiger partial charge in [-0.15, -0.1) is 0 Å². The Bertz CT molecular complexity index is 205. The third-order valence-corrected chi connectivity index (χ3v) is 4.20. The highest BCUT2D eigenvalue weighted by atomic mass is 16.5. The molecule has 1 rings (SSSR count). The molecule has 2 nitrogen and oxygen atoms in total. The lowest BCUT2D eigenvalue weighted by atomic mass is 9.82. The van der Waals surface area contributed by atoms with Gasteiger partial charge in [0.05, 0.1) is 6.10 Å². The van der Waals surface area contributed by atoms with E-state index in [1.807, 2.05) is 0 Å². The van der Waals surface area contributed by atoms with Gasteiger partial charge in [0, 0.05) is 12.6 Å². The zero-order valence-electron chi connectivity index (χ0n) is 12.9. The van der Waals surface area contributed by atoms with Gasteiger partial charge in [-0.3, -0.25) is 0 Å². The molecule has 0 bridgehead atoms. The molecule has 0 saturated heterocycles. The molecule has 1 N–H and O–H groups in total. The highest BCUT2D eigenvalue weighted by molar-refractivity contribution is 4.85. The van der Waals surface area contributed by atoms with Gasteiger partial charge in [-0.1, -0.05) is 34.1 Å². The number of ether oxygens (including phenoxy) is 1.